The summed E-state index contributed by atoms with van der Waals surface area (Å²) in [4.78, 5) is 12.3. The van der Waals surface area contributed by atoms with E-state index in [1.807, 2.05) is 16.6 Å². The zero-order valence-corrected chi connectivity index (χ0v) is 18.4. The molecule has 2 saturated heterocycles. The Bertz CT molecular complexity index is 1270. The van der Waals surface area contributed by atoms with Crippen LogP contribution < -0.4 is 10.2 Å². The molecule has 1 aromatic carbocycles. The third-order valence-corrected chi connectivity index (χ3v) is 6.57. The van der Waals surface area contributed by atoms with Crippen LogP contribution in [-0.2, 0) is 4.74 Å². The van der Waals surface area contributed by atoms with E-state index in [0.717, 1.165) is 84.3 Å². The number of rotatable bonds is 4. The molecule has 164 valence electrons. The van der Waals surface area contributed by atoms with Gasteiger partial charge in [0.25, 0.3) is 0 Å². The van der Waals surface area contributed by atoms with Crippen molar-refractivity contribution < 1.29 is 4.74 Å². The number of ether oxygens (including phenoxy) is 1. The molecule has 2 fully saturated rings. The van der Waals surface area contributed by atoms with Crippen molar-refractivity contribution in [1.29, 1.82) is 0 Å². The molecule has 1 N–H and O–H groups in total. The number of nitrogens with zero attached hydrogens (tertiary/aromatic N) is 5. The summed E-state index contributed by atoms with van der Waals surface area (Å²) in [6.45, 7) is 5.83. The maximum atomic E-state index is 5.55. The van der Waals surface area contributed by atoms with Crippen LogP contribution in [0.3, 0.4) is 0 Å². The van der Waals surface area contributed by atoms with E-state index in [1.54, 1.807) is 0 Å². The van der Waals surface area contributed by atoms with Crippen molar-refractivity contribution in [2.24, 2.45) is 0 Å². The first kappa shape index (κ1) is 19.5. The molecular weight excluding hydrogens is 400 g/mol. The average molecular weight is 429 g/mol. The van der Waals surface area contributed by atoms with Crippen LogP contribution in [0.4, 0.5) is 11.6 Å². The van der Waals surface area contributed by atoms with Crippen LogP contribution in [0.1, 0.15) is 31.2 Å². The molecule has 0 amide bonds. The Kier molecular flexibility index (Phi) is 4.91. The lowest BCUT2D eigenvalue weighted by molar-refractivity contribution is 0.0903. The Morgan fingerprint density at radius 3 is 2.66 bits per heavy atom. The first-order valence-electron chi connectivity index (χ1n) is 11.6. The van der Waals surface area contributed by atoms with Gasteiger partial charge in [-0.25, -0.2) is 9.97 Å². The molecule has 2 aliphatic rings. The van der Waals surface area contributed by atoms with Gasteiger partial charge in [0.1, 0.15) is 17.3 Å². The second-order valence-corrected chi connectivity index (χ2v) is 8.87. The number of aromatic nitrogens is 4. The van der Waals surface area contributed by atoms with E-state index in [-0.39, 0.29) is 0 Å². The van der Waals surface area contributed by atoms with Gasteiger partial charge in [-0.05, 0) is 50.3 Å². The van der Waals surface area contributed by atoms with Crippen molar-refractivity contribution in [2.45, 2.75) is 38.6 Å². The van der Waals surface area contributed by atoms with E-state index in [2.05, 4.69) is 47.5 Å². The summed E-state index contributed by atoms with van der Waals surface area (Å²) < 4.78 is 7.49. The van der Waals surface area contributed by atoms with Crippen LogP contribution in [0.5, 0.6) is 0 Å². The molecule has 7 heteroatoms. The lowest BCUT2D eigenvalue weighted by Crippen LogP contribution is -2.29. The Morgan fingerprint density at radius 2 is 1.81 bits per heavy atom. The summed E-state index contributed by atoms with van der Waals surface area (Å²) in [5.74, 6) is 2.02. The van der Waals surface area contributed by atoms with E-state index in [4.69, 9.17) is 19.8 Å². The van der Waals surface area contributed by atoms with E-state index in [0.29, 0.717) is 6.04 Å². The van der Waals surface area contributed by atoms with Crippen molar-refractivity contribution >= 4 is 28.2 Å². The van der Waals surface area contributed by atoms with Gasteiger partial charge in [-0.2, -0.15) is 9.61 Å². The highest BCUT2D eigenvalue weighted by Crippen LogP contribution is 2.29. The SMILES string of the molecule is Cc1cc2ccccc2nc1-c1cc2nc(N3CCCC3)cc(NC3CCOCC3)n2n1. The largest absolute Gasteiger partial charge is 0.381 e. The Labute approximate surface area is 187 Å². The highest BCUT2D eigenvalue weighted by molar-refractivity contribution is 5.83. The number of aryl methyl sites for hydroxylation is 1. The normalized spacial score (nSPS) is 17.5. The van der Waals surface area contributed by atoms with Crippen molar-refractivity contribution in [1.82, 2.24) is 19.6 Å². The third kappa shape index (κ3) is 3.56. The van der Waals surface area contributed by atoms with Gasteiger partial charge >= 0.3 is 0 Å². The number of nitrogens with one attached hydrogen (secondary N) is 1. The van der Waals surface area contributed by atoms with Crippen LogP contribution in [0, 0.1) is 6.92 Å². The van der Waals surface area contributed by atoms with E-state index in [1.165, 1.54) is 12.8 Å². The van der Waals surface area contributed by atoms with Gasteiger partial charge in [0.05, 0.1) is 11.2 Å². The van der Waals surface area contributed by atoms with Crippen LogP contribution >= 0.6 is 0 Å². The van der Waals surface area contributed by atoms with E-state index < -0.39 is 0 Å². The molecule has 0 bridgehead atoms. The third-order valence-electron chi connectivity index (χ3n) is 6.57. The number of para-hydroxylation sites is 1. The zero-order chi connectivity index (χ0) is 21.5. The number of benzene rings is 1. The molecule has 0 spiro atoms. The standard InChI is InChI=1S/C25H28N6O/c1-17-14-18-6-2-3-7-20(18)27-25(17)21-15-23-28-22(30-10-4-5-11-30)16-24(31(23)29-21)26-19-8-12-32-13-9-19/h2-3,6-7,14-16,19,26H,4-5,8-13H2,1H3. The van der Waals surface area contributed by atoms with Gasteiger partial charge in [0.2, 0.25) is 0 Å². The number of pyridine rings is 1. The molecular formula is C25H28N6O. The number of anilines is 2. The molecule has 4 aromatic rings. The van der Waals surface area contributed by atoms with E-state index in [9.17, 15) is 0 Å². The Hall–Kier alpha value is -3.19. The molecule has 32 heavy (non-hydrogen) atoms. The van der Waals surface area contributed by atoms with Gasteiger partial charge in [-0.1, -0.05) is 18.2 Å². The Morgan fingerprint density at radius 1 is 1.00 bits per heavy atom. The fraction of sp³-hybridized carbons (Fsp3) is 0.400. The van der Waals surface area contributed by atoms with Crippen LogP contribution in [-0.4, -0.2) is 51.9 Å². The molecule has 0 atom stereocenters. The summed E-state index contributed by atoms with van der Waals surface area (Å²) in [6.07, 6.45) is 4.45. The first-order chi connectivity index (χ1) is 15.7. The summed E-state index contributed by atoms with van der Waals surface area (Å²) in [6, 6.07) is 15.0. The minimum atomic E-state index is 0.383. The molecule has 6 rings (SSSR count). The topological polar surface area (TPSA) is 67.6 Å². The second-order valence-electron chi connectivity index (χ2n) is 8.87. The molecule has 0 radical (unpaired) electrons. The average Bonchev–Trinajstić information content (AvgIpc) is 3.49. The molecule has 0 saturated carbocycles. The first-order valence-corrected chi connectivity index (χ1v) is 11.6. The zero-order valence-electron chi connectivity index (χ0n) is 18.4. The maximum Gasteiger partial charge on any atom is 0.160 e. The molecule has 7 nitrogen and oxygen atoms in total. The molecule has 0 unspecified atom stereocenters. The molecule has 2 aliphatic heterocycles. The molecule has 5 heterocycles. The van der Waals surface area contributed by atoms with Gasteiger partial charge in [-0.15, -0.1) is 0 Å². The highest BCUT2D eigenvalue weighted by Gasteiger charge is 2.21. The molecule has 0 aliphatic carbocycles. The van der Waals surface area contributed by atoms with Gasteiger partial charge in [-0.3, -0.25) is 0 Å². The number of hydrogen-bond donors (Lipinski definition) is 1. The predicted octanol–water partition coefficient (Wildman–Crippen LogP) is 4.44. The molecule has 3 aromatic heterocycles. The van der Waals surface area contributed by atoms with E-state index >= 15 is 0 Å². The quantitative estimate of drug-likeness (QED) is 0.518. The second kappa shape index (κ2) is 8.06. The van der Waals surface area contributed by atoms with Crippen molar-refractivity contribution in [3.63, 3.8) is 0 Å². The maximum absolute atomic E-state index is 5.55. The smallest absolute Gasteiger partial charge is 0.160 e. The highest BCUT2D eigenvalue weighted by atomic mass is 16.5. The minimum absolute atomic E-state index is 0.383. The van der Waals surface area contributed by atoms with Crippen molar-refractivity contribution in [2.75, 3.05) is 36.5 Å². The number of hydrogen-bond acceptors (Lipinski definition) is 6. The van der Waals surface area contributed by atoms with Gasteiger partial charge < -0.3 is 15.0 Å². The van der Waals surface area contributed by atoms with Crippen LogP contribution in [0.25, 0.3) is 27.9 Å². The van der Waals surface area contributed by atoms with Crippen molar-refractivity contribution in [3.8, 4) is 11.4 Å². The van der Waals surface area contributed by atoms with Gasteiger partial charge in [0, 0.05) is 49.9 Å². The summed E-state index contributed by atoms with van der Waals surface area (Å²) >= 11 is 0. The van der Waals surface area contributed by atoms with Crippen molar-refractivity contribution in [3.05, 3.63) is 48.0 Å². The fourth-order valence-electron chi connectivity index (χ4n) is 4.82. The lowest BCUT2D eigenvalue weighted by atomic mass is 10.1. The lowest BCUT2D eigenvalue weighted by Gasteiger charge is -2.25. The summed E-state index contributed by atoms with van der Waals surface area (Å²) in [5, 5.41) is 9.84. The monoisotopic (exact) mass is 428 g/mol. The number of fused-ring (bicyclic) bond motifs is 2. The van der Waals surface area contributed by atoms with Crippen LogP contribution in [0.15, 0.2) is 42.5 Å². The predicted molar refractivity (Wildman–Crippen MR) is 127 cm³/mol. The Balaban J connectivity index is 1.46. The van der Waals surface area contributed by atoms with Gasteiger partial charge in [0.15, 0.2) is 5.65 Å². The summed E-state index contributed by atoms with van der Waals surface area (Å²) in [5.41, 5.74) is 4.72. The fourth-order valence-corrected chi connectivity index (χ4v) is 4.82. The van der Waals surface area contributed by atoms with Crippen LogP contribution in [0.2, 0.25) is 0 Å². The minimum Gasteiger partial charge on any atom is -0.381 e. The summed E-state index contributed by atoms with van der Waals surface area (Å²) in [7, 11) is 0.